The van der Waals surface area contributed by atoms with E-state index in [1.54, 1.807) is 0 Å². The van der Waals surface area contributed by atoms with E-state index in [4.69, 9.17) is 5.21 Å². The molecule has 0 aliphatic rings. The molecule has 0 aliphatic heterocycles. The molecular formula is C19H23NO4S. The van der Waals surface area contributed by atoms with Crippen molar-refractivity contribution in [3.63, 3.8) is 0 Å². The number of rotatable bonds is 7. The smallest absolute Gasteiger partial charge is 0.264 e. The normalized spacial score (nSPS) is 13.9. The quantitative estimate of drug-likeness (QED) is 0.587. The van der Waals surface area contributed by atoms with Crippen molar-refractivity contribution in [2.24, 2.45) is 0 Å². The van der Waals surface area contributed by atoms with Crippen LogP contribution in [0.4, 0.5) is 0 Å². The predicted octanol–water partition coefficient (Wildman–Crippen LogP) is 2.99. The van der Waals surface area contributed by atoms with E-state index in [0.29, 0.717) is 12.8 Å². The fourth-order valence-corrected chi connectivity index (χ4v) is 3.61. The van der Waals surface area contributed by atoms with Crippen LogP contribution in [0.3, 0.4) is 0 Å². The zero-order valence-electron chi connectivity index (χ0n) is 14.4. The van der Waals surface area contributed by atoms with Crippen molar-refractivity contribution in [2.45, 2.75) is 30.9 Å². The third-order valence-electron chi connectivity index (χ3n) is 4.58. The zero-order chi connectivity index (χ0) is 18.5. The summed E-state index contributed by atoms with van der Waals surface area (Å²) in [5.74, 6) is -0.894. The van der Waals surface area contributed by atoms with Crippen molar-refractivity contribution in [3.05, 3.63) is 60.2 Å². The molecule has 0 saturated heterocycles. The van der Waals surface area contributed by atoms with Crippen molar-refractivity contribution in [2.75, 3.05) is 6.26 Å². The number of nitrogens with one attached hydrogen (secondary N) is 1. The van der Waals surface area contributed by atoms with Crippen LogP contribution in [0.15, 0.2) is 54.6 Å². The molecule has 2 aromatic carbocycles. The average Bonchev–Trinajstić information content (AvgIpc) is 2.61. The molecule has 0 bridgehead atoms. The molecule has 25 heavy (non-hydrogen) atoms. The van der Waals surface area contributed by atoms with Crippen LogP contribution in [0, 0.1) is 0 Å². The molecule has 5 nitrogen and oxygen atoms in total. The SMILES string of the molecule is CC(CCCc1ccc(-c2ccccc2)cc1)(C(=O)NO)S(C)(=O)=O. The third-order valence-corrected chi connectivity index (χ3v) is 6.61. The monoisotopic (exact) mass is 361 g/mol. The topological polar surface area (TPSA) is 83.5 Å². The number of hydrogen-bond acceptors (Lipinski definition) is 4. The highest BCUT2D eigenvalue weighted by molar-refractivity contribution is 7.92. The molecule has 2 rings (SSSR count). The molecule has 1 atom stereocenters. The number of aryl methyl sites for hydroxylation is 1. The van der Waals surface area contributed by atoms with Crippen molar-refractivity contribution >= 4 is 15.7 Å². The lowest BCUT2D eigenvalue weighted by molar-refractivity contribution is -0.131. The Morgan fingerprint density at radius 1 is 1.04 bits per heavy atom. The van der Waals surface area contributed by atoms with Gasteiger partial charge in [0.2, 0.25) is 0 Å². The molecule has 2 N–H and O–H groups in total. The Bertz CT molecular complexity index is 816. The second-order valence-electron chi connectivity index (χ2n) is 6.36. The van der Waals surface area contributed by atoms with Gasteiger partial charge < -0.3 is 0 Å². The zero-order valence-corrected chi connectivity index (χ0v) is 15.2. The third kappa shape index (κ3) is 4.46. The Hall–Kier alpha value is -2.18. The van der Waals surface area contributed by atoms with E-state index in [2.05, 4.69) is 0 Å². The summed E-state index contributed by atoms with van der Waals surface area (Å²) in [6, 6.07) is 18.1. The highest BCUT2D eigenvalue weighted by Crippen LogP contribution is 2.25. The van der Waals surface area contributed by atoms with E-state index in [-0.39, 0.29) is 6.42 Å². The first-order chi connectivity index (χ1) is 11.8. The van der Waals surface area contributed by atoms with Crippen LogP contribution in [0.5, 0.6) is 0 Å². The summed E-state index contributed by atoms with van der Waals surface area (Å²) < 4.78 is 22.2. The summed E-state index contributed by atoms with van der Waals surface area (Å²) in [6.45, 7) is 1.34. The molecule has 0 saturated carbocycles. The van der Waals surface area contributed by atoms with Gasteiger partial charge in [0.25, 0.3) is 5.91 Å². The minimum absolute atomic E-state index is 0.138. The number of carbonyl (C=O) groups is 1. The minimum Gasteiger partial charge on any atom is -0.289 e. The minimum atomic E-state index is -3.65. The average molecular weight is 361 g/mol. The number of carbonyl (C=O) groups excluding carboxylic acids is 1. The molecule has 0 fully saturated rings. The van der Waals surface area contributed by atoms with Crippen molar-refractivity contribution in [1.82, 2.24) is 5.48 Å². The molecule has 0 heterocycles. The van der Waals surface area contributed by atoms with Gasteiger partial charge in [0.1, 0.15) is 4.75 Å². The van der Waals surface area contributed by atoms with E-state index >= 15 is 0 Å². The summed E-state index contributed by atoms with van der Waals surface area (Å²) in [4.78, 5) is 11.8. The van der Waals surface area contributed by atoms with Crippen molar-refractivity contribution < 1.29 is 18.4 Å². The van der Waals surface area contributed by atoms with Gasteiger partial charge in [-0.1, -0.05) is 54.6 Å². The van der Waals surface area contributed by atoms with Gasteiger partial charge in [0.15, 0.2) is 9.84 Å². The lowest BCUT2D eigenvalue weighted by atomic mass is 9.98. The first-order valence-corrected chi connectivity index (χ1v) is 9.95. The van der Waals surface area contributed by atoms with Crippen LogP contribution < -0.4 is 5.48 Å². The van der Waals surface area contributed by atoms with Gasteiger partial charge in [-0.3, -0.25) is 10.0 Å². The lowest BCUT2D eigenvalue weighted by Gasteiger charge is -2.24. The maximum absolute atomic E-state index is 11.9. The molecule has 0 radical (unpaired) electrons. The lowest BCUT2D eigenvalue weighted by Crippen LogP contribution is -2.49. The molecule has 1 unspecified atom stereocenters. The van der Waals surface area contributed by atoms with Crippen LogP contribution in [0.1, 0.15) is 25.3 Å². The molecular weight excluding hydrogens is 338 g/mol. The number of hydroxylamine groups is 1. The van der Waals surface area contributed by atoms with E-state index in [1.807, 2.05) is 54.6 Å². The molecule has 6 heteroatoms. The van der Waals surface area contributed by atoms with Crippen LogP contribution in [0.25, 0.3) is 11.1 Å². The molecule has 0 spiro atoms. The van der Waals surface area contributed by atoms with Crippen LogP contribution in [-0.2, 0) is 21.1 Å². The second kappa shape index (κ2) is 7.80. The summed E-state index contributed by atoms with van der Waals surface area (Å²) >= 11 is 0. The number of sulfone groups is 1. The molecule has 0 aromatic heterocycles. The highest BCUT2D eigenvalue weighted by atomic mass is 32.2. The van der Waals surface area contributed by atoms with Gasteiger partial charge in [-0.15, -0.1) is 0 Å². The van der Waals surface area contributed by atoms with Crippen molar-refractivity contribution in [1.29, 1.82) is 0 Å². The molecule has 0 aliphatic carbocycles. The van der Waals surface area contributed by atoms with Gasteiger partial charge in [-0.05, 0) is 42.9 Å². The summed E-state index contributed by atoms with van der Waals surface area (Å²) in [5.41, 5.74) is 4.79. The van der Waals surface area contributed by atoms with Gasteiger partial charge in [0, 0.05) is 6.26 Å². The first kappa shape index (κ1) is 19.1. The van der Waals surface area contributed by atoms with Gasteiger partial charge in [0.05, 0.1) is 0 Å². The maximum Gasteiger partial charge on any atom is 0.264 e. The fraction of sp³-hybridized carbons (Fsp3) is 0.316. The first-order valence-electron chi connectivity index (χ1n) is 8.06. The van der Waals surface area contributed by atoms with Crippen molar-refractivity contribution in [3.8, 4) is 11.1 Å². The molecule has 1 amide bonds. The summed E-state index contributed by atoms with van der Waals surface area (Å²) in [5, 5.41) is 8.82. The number of benzene rings is 2. The predicted molar refractivity (Wildman–Crippen MR) is 98.0 cm³/mol. The number of hydrogen-bond donors (Lipinski definition) is 2. The standard InChI is InChI=1S/C19H23NO4S/c1-19(18(21)20-22,25(2,23)24)14-6-7-15-10-12-17(13-11-15)16-8-4-3-5-9-16/h3-5,8-13,22H,6-7,14H2,1-2H3,(H,20,21). The second-order valence-corrected chi connectivity index (χ2v) is 8.81. The maximum atomic E-state index is 11.9. The Kier molecular flexibility index (Phi) is 5.98. The van der Waals surface area contributed by atoms with Crippen LogP contribution in [-0.4, -0.2) is 30.5 Å². The Balaban J connectivity index is 2.03. The van der Waals surface area contributed by atoms with Crippen LogP contribution in [0.2, 0.25) is 0 Å². The van der Waals surface area contributed by atoms with Crippen LogP contribution >= 0.6 is 0 Å². The van der Waals surface area contributed by atoms with Gasteiger partial charge in [-0.2, -0.15) is 0 Å². The fourth-order valence-electron chi connectivity index (χ4n) is 2.71. The molecule has 2 aromatic rings. The Morgan fingerprint density at radius 3 is 2.12 bits per heavy atom. The van der Waals surface area contributed by atoms with E-state index in [9.17, 15) is 13.2 Å². The molecule has 134 valence electrons. The highest BCUT2D eigenvalue weighted by Gasteiger charge is 2.42. The van der Waals surface area contributed by atoms with Gasteiger partial charge in [-0.25, -0.2) is 13.9 Å². The Morgan fingerprint density at radius 2 is 1.60 bits per heavy atom. The van der Waals surface area contributed by atoms with E-state index in [0.717, 1.165) is 22.9 Å². The summed E-state index contributed by atoms with van der Waals surface area (Å²) in [6.07, 6.45) is 2.32. The number of amides is 1. The van der Waals surface area contributed by atoms with E-state index in [1.165, 1.54) is 12.4 Å². The van der Waals surface area contributed by atoms with Gasteiger partial charge >= 0.3 is 0 Å². The largest absolute Gasteiger partial charge is 0.289 e. The summed E-state index contributed by atoms with van der Waals surface area (Å²) in [7, 11) is -3.65. The Labute approximate surface area is 148 Å². The van der Waals surface area contributed by atoms with E-state index < -0.39 is 20.5 Å².